The third-order valence-corrected chi connectivity index (χ3v) is 4.66. The van der Waals surface area contributed by atoms with Crippen LogP contribution in [-0.4, -0.2) is 44.3 Å². The molecule has 0 fully saturated rings. The first-order valence-electron chi connectivity index (χ1n) is 8.92. The molecule has 0 saturated carbocycles. The van der Waals surface area contributed by atoms with E-state index < -0.39 is 11.7 Å². The predicted molar refractivity (Wildman–Crippen MR) is 109 cm³/mol. The maximum absolute atomic E-state index is 12.8. The molecule has 2 aromatic heterocycles. The van der Waals surface area contributed by atoms with Crippen LogP contribution in [0, 0.1) is 11.3 Å². The van der Waals surface area contributed by atoms with E-state index in [0.29, 0.717) is 54.2 Å². The molecular weight excluding hydrogens is 440 g/mol. The molecule has 0 saturated heterocycles. The van der Waals surface area contributed by atoms with Crippen molar-refractivity contribution in [2.24, 2.45) is 0 Å². The van der Waals surface area contributed by atoms with Gasteiger partial charge in [0.1, 0.15) is 17.5 Å². The Kier molecular flexibility index (Phi) is 7.02. The molecule has 3 aromatic rings. The van der Waals surface area contributed by atoms with Crippen molar-refractivity contribution in [2.75, 3.05) is 30.2 Å². The Morgan fingerprint density at radius 2 is 1.80 bits per heavy atom. The molecule has 2 heterocycles. The van der Waals surface area contributed by atoms with E-state index in [-0.39, 0.29) is 5.56 Å². The van der Waals surface area contributed by atoms with E-state index in [4.69, 9.17) is 23.2 Å². The lowest BCUT2D eigenvalue weighted by atomic mass is 10.2. The van der Waals surface area contributed by atoms with Crippen LogP contribution in [0.3, 0.4) is 0 Å². The van der Waals surface area contributed by atoms with E-state index in [0.717, 1.165) is 12.1 Å². The minimum atomic E-state index is -4.41. The van der Waals surface area contributed by atoms with Crippen molar-refractivity contribution in [3.05, 3.63) is 53.3 Å². The van der Waals surface area contributed by atoms with E-state index in [1.165, 1.54) is 22.8 Å². The molecule has 158 valence electrons. The number of fused-ring (bicyclic) bond motifs is 1. The molecule has 0 bridgehead atoms. The zero-order chi connectivity index (χ0) is 21.7. The summed E-state index contributed by atoms with van der Waals surface area (Å²) in [6.45, 7) is 1.65. The summed E-state index contributed by atoms with van der Waals surface area (Å²) < 4.78 is 39.8. The first kappa shape index (κ1) is 22.2. The summed E-state index contributed by atoms with van der Waals surface area (Å²) >= 11 is 11.7. The topological polar surface area (TPSA) is 69.2 Å². The van der Waals surface area contributed by atoms with Crippen LogP contribution >= 0.6 is 23.2 Å². The van der Waals surface area contributed by atoms with Crippen LogP contribution < -0.4 is 5.32 Å². The molecule has 0 aliphatic heterocycles. The highest BCUT2D eigenvalue weighted by molar-refractivity contribution is 6.18. The van der Waals surface area contributed by atoms with Gasteiger partial charge in [0, 0.05) is 43.1 Å². The maximum Gasteiger partial charge on any atom is 0.416 e. The van der Waals surface area contributed by atoms with Gasteiger partial charge < -0.3 is 5.32 Å². The Morgan fingerprint density at radius 1 is 1.13 bits per heavy atom. The summed E-state index contributed by atoms with van der Waals surface area (Å²) in [6, 6.07) is 8.42. The average molecular weight is 457 g/mol. The highest BCUT2D eigenvalue weighted by atomic mass is 35.5. The van der Waals surface area contributed by atoms with Gasteiger partial charge in [0.15, 0.2) is 5.65 Å². The number of anilines is 2. The highest BCUT2D eigenvalue weighted by Gasteiger charge is 2.30. The molecule has 30 heavy (non-hydrogen) atoms. The fourth-order valence-corrected chi connectivity index (χ4v) is 3.37. The van der Waals surface area contributed by atoms with Crippen molar-refractivity contribution in [3.8, 4) is 6.07 Å². The quantitative estimate of drug-likeness (QED) is 0.499. The van der Waals surface area contributed by atoms with E-state index in [1.807, 2.05) is 11.0 Å². The molecular formula is C19H17Cl2F3N6. The first-order chi connectivity index (χ1) is 14.4. The molecule has 0 radical (unpaired) electrons. The minimum absolute atomic E-state index is 0.286. The number of nitrogens with one attached hydrogen (secondary N) is 1. The molecule has 3 rings (SSSR count). The lowest BCUT2D eigenvalue weighted by Crippen LogP contribution is -2.28. The van der Waals surface area contributed by atoms with Crippen molar-refractivity contribution in [2.45, 2.75) is 12.7 Å². The number of hydrogen-bond donors (Lipinski definition) is 1. The monoisotopic (exact) mass is 456 g/mol. The van der Waals surface area contributed by atoms with E-state index in [2.05, 4.69) is 15.4 Å². The number of hydrogen-bond acceptors (Lipinski definition) is 5. The maximum atomic E-state index is 12.8. The van der Waals surface area contributed by atoms with Gasteiger partial charge in [-0.2, -0.15) is 28.0 Å². The third-order valence-electron chi connectivity index (χ3n) is 4.32. The SMILES string of the molecule is N#Cc1cnn2c(Nc3ccc(C(F)(F)F)cc3)cc(CN(CCCl)CCCl)nc12. The average Bonchev–Trinajstić information content (AvgIpc) is 3.11. The summed E-state index contributed by atoms with van der Waals surface area (Å²) in [5, 5.41) is 16.6. The number of alkyl halides is 5. The molecule has 0 amide bonds. The Bertz CT molecular complexity index is 1040. The second-order valence-corrected chi connectivity index (χ2v) is 7.15. The summed E-state index contributed by atoms with van der Waals surface area (Å²) in [6.07, 6.45) is -3.02. The largest absolute Gasteiger partial charge is 0.416 e. The van der Waals surface area contributed by atoms with Crippen LogP contribution in [0.2, 0.25) is 0 Å². The van der Waals surface area contributed by atoms with Gasteiger partial charge in [-0.25, -0.2) is 4.98 Å². The lowest BCUT2D eigenvalue weighted by molar-refractivity contribution is -0.137. The summed E-state index contributed by atoms with van der Waals surface area (Å²) in [4.78, 5) is 6.54. The van der Waals surface area contributed by atoms with Crippen LogP contribution in [0.1, 0.15) is 16.8 Å². The minimum Gasteiger partial charge on any atom is -0.340 e. The highest BCUT2D eigenvalue weighted by Crippen LogP contribution is 2.30. The van der Waals surface area contributed by atoms with Gasteiger partial charge >= 0.3 is 6.18 Å². The summed E-state index contributed by atoms with van der Waals surface area (Å²) in [5.41, 5.74) is 0.977. The smallest absolute Gasteiger partial charge is 0.340 e. The normalized spacial score (nSPS) is 11.8. The van der Waals surface area contributed by atoms with Gasteiger partial charge in [-0.05, 0) is 24.3 Å². The van der Waals surface area contributed by atoms with Crippen LogP contribution in [0.4, 0.5) is 24.7 Å². The molecule has 1 N–H and O–H groups in total. The van der Waals surface area contributed by atoms with Gasteiger partial charge in [0.2, 0.25) is 0 Å². The Morgan fingerprint density at radius 3 is 2.37 bits per heavy atom. The van der Waals surface area contributed by atoms with Gasteiger partial charge in [0.25, 0.3) is 0 Å². The zero-order valence-electron chi connectivity index (χ0n) is 15.6. The Hall–Kier alpha value is -2.54. The van der Waals surface area contributed by atoms with Crippen molar-refractivity contribution in [3.63, 3.8) is 0 Å². The van der Waals surface area contributed by atoms with Gasteiger partial charge in [0.05, 0.1) is 17.5 Å². The van der Waals surface area contributed by atoms with Crippen LogP contribution in [0.5, 0.6) is 0 Å². The van der Waals surface area contributed by atoms with Crippen LogP contribution in [-0.2, 0) is 12.7 Å². The summed E-state index contributed by atoms with van der Waals surface area (Å²) in [7, 11) is 0. The van der Waals surface area contributed by atoms with Crippen LogP contribution in [0.15, 0.2) is 36.5 Å². The van der Waals surface area contributed by atoms with Crippen molar-refractivity contribution in [1.82, 2.24) is 19.5 Å². The lowest BCUT2D eigenvalue weighted by Gasteiger charge is -2.20. The number of aromatic nitrogens is 3. The third kappa shape index (κ3) is 5.14. The fraction of sp³-hybridized carbons (Fsp3) is 0.316. The standard InChI is InChI=1S/C19H17Cl2F3N6/c20-5-7-29(8-6-21)12-16-9-17(30-18(28-16)13(10-25)11-26-30)27-15-3-1-14(2-4-15)19(22,23)24/h1-4,9,11,27H,5-8,12H2. The second-order valence-electron chi connectivity index (χ2n) is 6.39. The molecule has 6 nitrogen and oxygen atoms in total. The zero-order valence-corrected chi connectivity index (χ0v) is 17.1. The molecule has 1 aromatic carbocycles. The molecule has 0 spiro atoms. The fourth-order valence-electron chi connectivity index (χ4n) is 2.89. The Balaban J connectivity index is 1.96. The predicted octanol–water partition coefficient (Wildman–Crippen LogP) is 4.64. The van der Waals surface area contributed by atoms with E-state index >= 15 is 0 Å². The second kappa shape index (κ2) is 9.51. The van der Waals surface area contributed by atoms with Gasteiger partial charge in [-0.1, -0.05) is 0 Å². The molecule has 0 unspecified atom stereocenters. The molecule has 11 heteroatoms. The van der Waals surface area contributed by atoms with Gasteiger partial charge in [-0.15, -0.1) is 23.2 Å². The number of benzene rings is 1. The molecule has 0 aliphatic rings. The number of halogens is 5. The van der Waals surface area contributed by atoms with Crippen molar-refractivity contribution >= 4 is 40.4 Å². The molecule has 0 atom stereocenters. The van der Waals surface area contributed by atoms with E-state index in [1.54, 1.807) is 6.07 Å². The Labute approximate surface area is 180 Å². The number of nitrogens with zero attached hydrogens (tertiary/aromatic N) is 5. The first-order valence-corrected chi connectivity index (χ1v) is 9.99. The van der Waals surface area contributed by atoms with Gasteiger partial charge in [-0.3, -0.25) is 4.90 Å². The molecule has 0 aliphatic carbocycles. The van der Waals surface area contributed by atoms with Crippen molar-refractivity contribution in [1.29, 1.82) is 5.26 Å². The summed E-state index contributed by atoms with van der Waals surface area (Å²) in [5.74, 6) is 1.31. The number of nitriles is 1. The van der Waals surface area contributed by atoms with Crippen molar-refractivity contribution < 1.29 is 13.2 Å². The number of rotatable bonds is 8. The van der Waals surface area contributed by atoms with Crippen LogP contribution in [0.25, 0.3) is 5.65 Å². The van der Waals surface area contributed by atoms with E-state index in [9.17, 15) is 18.4 Å².